The van der Waals surface area contributed by atoms with E-state index in [1.165, 1.54) is 0 Å². The molecule has 0 aromatic carbocycles. The predicted octanol–water partition coefficient (Wildman–Crippen LogP) is 0.902. The number of carbonyl (C=O) groups excluding carboxylic acids is 2. The van der Waals surface area contributed by atoms with Crippen molar-refractivity contribution in [3.63, 3.8) is 0 Å². The molecule has 1 aliphatic rings. The first kappa shape index (κ1) is 9.64. The zero-order valence-electron chi connectivity index (χ0n) is 5.80. The average molecular weight is 251 g/mol. The van der Waals surface area contributed by atoms with Crippen molar-refractivity contribution in [1.82, 2.24) is 0 Å². The molecule has 0 saturated heterocycles. The maximum Gasteiger partial charge on any atom is 0.204 e. The summed E-state index contributed by atoms with van der Waals surface area (Å²) in [5, 5.41) is 8.56. The lowest BCUT2D eigenvalue weighted by Crippen LogP contribution is -2.16. The van der Waals surface area contributed by atoms with Gasteiger partial charge in [-0.05, 0) is 15.9 Å². The van der Waals surface area contributed by atoms with Crippen LogP contribution in [0.25, 0.3) is 0 Å². The number of ketones is 2. The highest BCUT2D eigenvalue weighted by Gasteiger charge is 2.25. The van der Waals surface area contributed by atoms with Crippen LogP contribution in [0.3, 0.4) is 0 Å². The summed E-state index contributed by atoms with van der Waals surface area (Å²) in [5.74, 6) is -0.908. The van der Waals surface area contributed by atoms with Gasteiger partial charge in [0.15, 0.2) is 5.78 Å². The van der Waals surface area contributed by atoms with E-state index in [4.69, 9.17) is 16.7 Å². The molecule has 12 heavy (non-hydrogen) atoms. The lowest BCUT2D eigenvalue weighted by atomic mass is 10.0. The second-order valence-corrected chi connectivity index (χ2v) is 3.34. The molecule has 0 heterocycles. The number of aliphatic hydroxyl groups excluding tert-OH is 1. The molecule has 3 nitrogen and oxygen atoms in total. The van der Waals surface area contributed by atoms with Gasteiger partial charge in [-0.1, -0.05) is 11.6 Å². The molecule has 0 spiro atoms. The Morgan fingerprint density at radius 1 is 1.50 bits per heavy atom. The molecule has 5 heteroatoms. The Morgan fingerprint density at radius 3 is 2.58 bits per heavy atom. The van der Waals surface area contributed by atoms with Gasteiger partial charge in [0.1, 0.15) is 0 Å². The fraction of sp³-hybridized carbons (Fsp3) is 0.143. The summed E-state index contributed by atoms with van der Waals surface area (Å²) in [6, 6.07) is 0. The molecule has 0 aromatic rings. The lowest BCUT2D eigenvalue weighted by Gasteiger charge is -2.09. The van der Waals surface area contributed by atoms with Crippen LogP contribution in [0.2, 0.25) is 0 Å². The molecule has 1 N–H and O–H groups in total. The molecular formula is C7H4BrClO3. The van der Waals surface area contributed by atoms with Gasteiger partial charge in [0, 0.05) is 11.6 Å². The van der Waals surface area contributed by atoms with Crippen molar-refractivity contribution in [3.8, 4) is 0 Å². The Labute approximate surface area is 81.8 Å². The van der Waals surface area contributed by atoms with E-state index in [1.807, 2.05) is 0 Å². The number of halogens is 2. The lowest BCUT2D eigenvalue weighted by molar-refractivity contribution is -0.115. The molecule has 0 unspecified atom stereocenters. The topological polar surface area (TPSA) is 54.4 Å². The normalized spacial score (nSPS) is 18.4. The summed E-state index contributed by atoms with van der Waals surface area (Å²) >= 11 is 8.32. The van der Waals surface area contributed by atoms with Gasteiger partial charge in [-0.3, -0.25) is 9.59 Å². The highest BCUT2D eigenvalue weighted by Crippen LogP contribution is 2.24. The van der Waals surface area contributed by atoms with E-state index in [1.54, 1.807) is 0 Å². The van der Waals surface area contributed by atoms with Crippen LogP contribution in [0.4, 0.5) is 0 Å². The van der Waals surface area contributed by atoms with Crippen LogP contribution in [0, 0.1) is 0 Å². The number of rotatable bonds is 1. The maximum atomic E-state index is 11.1. The monoisotopic (exact) mass is 250 g/mol. The summed E-state index contributed by atoms with van der Waals surface area (Å²) in [6.07, 6.45) is 1.02. The molecule has 0 aromatic heterocycles. The molecule has 0 bridgehead atoms. The van der Waals surface area contributed by atoms with Gasteiger partial charge in [-0.2, -0.15) is 0 Å². The first-order chi connectivity index (χ1) is 5.57. The molecule has 0 amide bonds. The fourth-order valence-electron chi connectivity index (χ4n) is 0.778. The zero-order valence-corrected chi connectivity index (χ0v) is 8.15. The van der Waals surface area contributed by atoms with Crippen molar-refractivity contribution in [2.45, 2.75) is 0 Å². The molecule has 0 fully saturated rings. The molecule has 1 rings (SSSR count). The van der Waals surface area contributed by atoms with E-state index in [0.717, 1.165) is 6.08 Å². The van der Waals surface area contributed by atoms with E-state index in [9.17, 15) is 9.59 Å². The van der Waals surface area contributed by atoms with Crippen molar-refractivity contribution in [2.75, 3.05) is 6.61 Å². The Bertz CT molecular complexity index is 317. The second-order valence-electron chi connectivity index (χ2n) is 2.14. The van der Waals surface area contributed by atoms with Gasteiger partial charge in [0.2, 0.25) is 5.78 Å². The Kier molecular flexibility index (Phi) is 2.82. The van der Waals surface area contributed by atoms with Gasteiger partial charge in [0.25, 0.3) is 0 Å². The van der Waals surface area contributed by atoms with Crippen LogP contribution in [-0.2, 0) is 9.59 Å². The Hall–Kier alpha value is -0.450. The van der Waals surface area contributed by atoms with Gasteiger partial charge >= 0.3 is 0 Å². The Balaban J connectivity index is 3.17. The number of hydrogen-bond donors (Lipinski definition) is 1. The third-order valence-corrected chi connectivity index (χ3v) is 2.54. The minimum Gasteiger partial charge on any atom is -0.391 e. The molecule has 1 aliphatic carbocycles. The molecule has 0 atom stereocenters. The highest BCUT2D eigenvalue weighted by atomic mass is 79.9. The number of hydrogen-bond acceptors (Lipinski definition) is 3. The van der Waals surface area contributed by atoms with E-state index in [-0.39, 0.29) is 15.1 Å². The van der Waals surface area contributed by atoms with Crippen LogP contribution >= 0.6 is 27.5 Å². The summed E-state index contributed by atoms with van der Waals surface area (Å²) in [6.45, 7) is -0.491. The van der Waals surface area contributed by atoms with Crippen LogP contribution in [0.5, 0.6) is 0 Å². The second kappa shape index (κ2) is 3.51. The smallest absolute Gasteiger partial charge is 0.204 e. The van der Waals surface area contributed by atoms with Crippen LogP contribution in [0.1, 0.15) is 0 Å². The first-order valence-electron chi connectivity index (χ1n) is 3.03. The maximum absolute atomic E-state index is 11.1. The Morgan fingerprint density at radius 2 is 2.08 bits per heavy atom. The standard InChI is InChI=1S/C7H4BrClO3/c8-6-3(2-10)7(12)4(9)1-5(6)11/h1,10H,2H2. The van der Waals surface area contributed by atoms with Crippen LogP contribution in [0.15, 0.2) is 21.2 Å². The van der Waals surface area contributed by atoms with Gasteiger partial charge in [-0.15, -0.1) is 0 Å². The molecule has 0 aliphatic heterocycles. The van der Waals surface area contributed by atoms with Crippen molar-refractivity contribution in [2.24, 2.45) is 0 Å². The van der Waals surface area contributed by atoms with Crippen molar-refractivity contribution >= 4 is 39.1 Å². The van der Waals surface area contributed by atoms with E-state index < -0.39 is 18.2 Å². The summed E-state index contributed by atoms with van der Waals surface area (Å²) in [4.78, 5) is 22.1. The molecule has 0 radical (unpaired) electrons. The van der Waals surface area contributed by atoms with Gasteiger partial charge in [-0.25, -0.2) is 0 Å². The van der Waals surface area contributed by atoms with Crippen LogP contribution in [-0.4, -0.2) is 23.3 Å². The zero-order chi connectivity index (χ0) is 9.30. The van der Waals surface area contributed by atoms with E-state index in [2.05, 4.69) is 15.9 Å². The van der Waals surface area contributed by atoms with Gasteiger partial charge < -0.3 is 5.11 Å². The first-order valence-corrected chi connectivity index (χ1v) is 4.20. The minimum atomic E-state index is -0.509. The van der Waals surface area contributed by atoms with Crippen molar-refractivity contribution in [1.29, 1.82) is 0 Å². The summed E-state index contributed by atoms with van der Waals surface area (Å²) in [5.41, 5.74) is 0.00694. The van der Waals surface area contributed by atoms with E-state index in [0.29, 0.717) is 0 Å². The highest BCUT2D eigenvalue weighted by molar-refractivity contribution is 9.12. The average Bonchev–Trinajstić information content (AvgIpc) is 2.02. The molecule has 0 saturated carbocycles. The fourth-order valence-corrected chi connectivity index (χ4v) is 1.41. The van der Waals surface area contributed by atoms with Crippen LogP contribution < -0.4 is 0 Å². The largest absolute Gasteiger partial charge is 0.391 e. The number of aliphatic hydroxyl groups is 1. The third kappa shape index (κ3) is 1.50. The van der Waals surface area contributed by atoms with Gasteiger partial charge in [0.05, 0.1) is 16.1 Å². The number of allylic oxidation sites excluding steroid dienone is 3. The summed E-state index contributed by atoms with van der Waals surface area (Å²) in [7, 11) is 0. The molecular weight excluding hydrogens is 247 g/mol. The SMILES string of the molecule is O=C1C=C(Cl)C(=O)C(CO)=C1Br. The number of carbonyl (C=O) groups is 2. The quantitative estimate of drug-likeness (QED) is 0.705. The third-order valence-electron chi connectivity index (χ3n) is 1.39. The molecule has 64 valence electrons. The predicted molar refractivity (Wildman–Crippen MR) is 47.0 cm³/mol. The van der Waals surface area contributed by atoms with Crippen molar-refractivity contribution in [3.05, 3.63) is 21.2 Å². The minimum absolute atomic E-state index is 0.00694. The van der Waals surface area contributed by atoms with Crippen molar-refractivity contribution < 1.29 is 14.7 Å². The number of Topliss-reactive ketones (excluding diaryl/α,β-unsaturated/α-hetero) is 1. The summed E-state index contributed by atoms with van der Waals surface area (Å²) < 4.78 is 0.0828. The van der Waals surface area contributed by atoms with E-state index >= 15 is 0 Å².